The van der Waals surface area contributed by atoms with Crippen LogP contribution in [0.1, 0.15) is 56.6 Å². The zero-order chi connectivity index (χ0) is 27.4. The summed E-state index contributed by atoms with van der Waals surface area (Å²) in [4.78, 5) is 36.4. The van der Waals surface area contributed by atoms with E-state index in [0.29, 0.717) is 44.3 Å². The lowest BCUT2D eigenvalue weighted by molar-refractivity contribution is -0.159. The number of aryl methyl sites for hydroxylation is 2. The Morgan fingerprint density at radius 3 is 1.92 bits per heavy atom. The van der Waals surface area contributed by atoms with Crippen molar-refractivity contribution in [3.63, 3.8) is 0 Å². The quantitative estimate of drug-likeness (QED) is 0.146. The zero-order valence-corrected chi connectivity index (χ0v) is 22.4. The summed E-state index contributed by atoms with van der Waals surface area (Å²) in [5.74, 6) is 0.209. The number of benzene rings is 2. The molecule has 7 heteroatoms. The fraction of sp³-hybridized carbons (Fsp3) is 0.452. The summed E-state index contributed by atoms with van der Waals surface area (Å²) in [6, 6.07) is 15.7. The van der Waals surface area contributed by atoms with Gasteiger partial charge in [-0.3, -0.25) is 9.59 Å². The van der Waals surface area contributed by atoms with Crippen LogP contribution < -0.4 is 9.47 Å². The molecule has 1 aliphatic carbocycles. The fourth-order valence-corrected chi connectivity index (χ4v) is 4.47. The van der Waals surface area contributed by atoms with E-state index in [1.54, 1.807) is 7.11 Å². The van der Waals surface area contributed by atoms with Gasteiger partial charge in [-0.05, 0) is 93.7 Å². The van der Waals surface area contributed by atoms with Crippen molar-refractivity contribution in [2.45, 2.75) is 58.3 Å². The molecule has 2 aromatic rings. The summed E-state index contributed by atoms with van der Waals surface area (Å²) in [7, 11) is 1.66. The van der Waals surface area contributed by atoms with Crippen LogP contribution in [0.15, 0.2) is 61.2 Å². The van der Waals surface area contributed by atoms with Gasteiger partial charge in [0.25, 0.3) is 0 Å². The first-order valence-electron chi connectivity index (χ1n) is 13.2. The van der Waals surface area contributed by atoms with Gasteiger partial charge in [0.05, 0.1) is 31.7 Å². The molecule has 0 atom stereocenters. The number of rotatable bonds is 13. The largest absolute Gasteiger partial charge is 0.497 e. The lowest BCUT2D eigenvalue weighted by Crippen LogP contribution is -2.37. The number of hydrogen-bond acceptors (Lipinski definition) is 7. The third-order valence-corrected chi connectivity index (χ3v) is 7.10. The van der Waals surface area contributed by atoms with Crippen molar-refractivity contribution in [1.82, 2.24) is 0 Å². The summed E-state index contributed by atoms with van der Waals surface area (Å²) in [5.41, 5.74) is 1.81. The third kappa shape index (κ3) is 8.75. The highest BCUT2D eigenvalue weighted by atomic mass is 16.5. The Morgan fingerprint density at radius 2 is 1.39 bits per heavy atom. The normalized spacial score (nSPS) is 18.7. The Bertz CT molecular complexity index is 1060. The van der Waals surface area contributed by atoms with Crippen LogP contribution in [0.5, 0.6) is 11.5 Å². The Kier molecular flexibility index (Phi) is 10.9. The van der Waals surface area contributed by atoms with E-state index >= 15 is 0 Å². The number of carbonyl (C=O) groups excluding carboxylic acids is 3. The van der Waals surface area contributed by atoms with Crippen molar-refractivity contribution in [3.05, 3.63) is 72.3 Å². The van der Waals surface area contributed by atoms with Gasteiger partial charge in [0, 0.05) is 6.08 Å². The van der Waals surface area contributed by atoms with E-state index in [0.717, 1.165) is 24.7 Å². The maximum Gasteiger partial charge on any atom is 0.330 e. The molecule has 38 heavy (non-hydrogen) atoms. The number of carbonyl (C=O) groups is 3. The predicted molar refractivity (Wildman–Crippen MR) is 144 cm³/mol. The van der Waals surface area contributed by atoms with Crippen molar-refractivity contribution in [2.24, 2.45) is 11.3 Å². The summed E-state index contributed by atoms with van der Waals surface area (Å²) >= 11 is 0. The van der Waals surface area contributed by atoms with E-state index in [9.17, 15) is 14.4 Å². The van der Waals surface area contributed by atoms with Gasteiger partial charge in [-0.2, -0.15) is 0 Å². The second-order valence-corrected chi connectivity index (χ2v) is 9.96. The van der Waals surface area contributed by atoms with Crippen LogP contribution in [0, 0.1) is 11.3 Å². The van der Waals surface area contributed by atoms with Crippen molar-refractivity contribution < 1.29 is 33.3 Å². The van der Waals surface area contributed by atoms with Crippen molar-refractivity contribution in [3.8, 4) is 11.5 Å². The molecule has 1 aliphatic rings. The second-order valence-electron chi connectivity index (χ2n) is 9.96. The monoisotopic (exact) mass is 522 g/mol. The van der Waals surface area contributed by atoms with Gasteiger partial charge in [-0.15, -0.1) is 0 Å². The van der Waals surface area contributed by atoms with Crippen LogP contribution in [0.2, 0.25) is 0 Å². The molecule has 0 amide bonds. The zero-order valence-electron chi connectivity index (χ0n) is 22.4. The number of ether oxygens (including phenoxy) is 4. The minimum absolute atomic E-state index is 0.231. The van der Waals surface area contributed by atoms with E-state index in [-0.39, 0.29) is 31.1 Å². The highest BCUT2D eigenvalue weighted by molar-refractivity contribution is 5.81. The Labute approximate surface area is 225 Å². The minimum Gasteiger partial charge on any atom is -0.497 e. The molecule has 0 heterocycles. The molecular weight excluding hydrogens is 484 g/mol. The summed E-state index contributed by atoms with van der Waals surface area (Å²) in [6.45, 7) is 5.79. The maximum absolute atomic E-state index is 12.7. The molecule has 0 unspecified atom stereocenters. The van der Waals surface area contributed by atoms with E-state index in [2.05, 4.69) is 18.7 Å². The molecule has 0 spiro atoms. The first kappa shape index (κ1) is 29.0. The van der Waals surface area contributed by atoms with Gasteiger partial charge in [-0.1, -0.05) is 30.8 Å². The van der Waals surface area contributed by atoms with Crippen LogP contribution in [0.3, 0.4) is 0 Å². The van der Waals surface area contributed by atoms with E-state index in [1.807, 2.05) is 43.3 Å². The molecule has 2 aromatic carbocycles. The Balaban J connectivity index is 1.36. The number of unbranched alkanes of at least 4 members (excludes halogenated alkanes) is 1. The molecule has 3 rings (SSSR count). The van der Waals surface area contributed by atoms with Crippen LogP contribution in [-0.4, -0.2) is 38.2 Å². The molecule has 1 saturated carbocycles. The van der Waals surface area contributed by atoms with E-state index < -0.39 is 11.4 Å². The molecule has 0 radical (unpaired) electrons. The van der Waals surface area contributed by atoms with E-state index in [4.69, 9.17) is 18.9 Å². The van der Waals surface area contributed by atoms with Gasteiger partial charge >= 0.3 is 17.9 Å². The van der Waals surface area contributed by atoms with Crippen molar-refractivity contribution in [1.29, 1.82) is 0 Å². The van der Waals surface area contributed by atoms with Crippen LogP contribution >= 0.6 is 0 Å². The molecular formula is C31H38O7. The van der Waals surface area contributed by atoms with Crippen LogP contribution in [0.25, 0.3) is 0 Å². The van der Waals surface area contributed by atoms with E-state index in [1.165, 1.54) is 11.1 Å². The standard InChI is InChI=1S/C31H38O7/c1-4-28(32)36-21-5-6-22-37-30(34)31(2)19-17-25(18-20-31)29(33)38-27-15-11-24(12-16-27)8-7-23-9-13-26(35-3)14-10-23/h4,9-16,25H,1,5-8,17-22H2,2-3H3. The number of esters is 3. The Morgan fingerprint density at radius 1 is 0.868 bits per heavy atom. The van der Waals surface area contributed by atoms with Crippen LogP contribution in [-0.2, 0) is 36.7 Å². The Hall–Kier alpha value is -3.61. The van der Waals surface area contributed by atoms with Gasteiger partial charge in [0.1, 0.15) is 11.5 Å². The second kappa shape index (κ2) is 14.4. The number of methoxy groups -OCH3 is 1. The molecule has 1 fully saturated rings. The summed E-state index contributed by atoms with van der Waals surface area (Å²) < 4.78 is 21.2. The highest BCUT2D eigenvalue weighted by Gasteiger charge is 2.41. The molecule has 7 nitrogen and oxygen atoms in total. The molecule has 0 bridgehead atoms. The maximum atomic E-state index is 12.7. The summed E-state index contributed by atoms with van der Waals surface area (Å²) in [5, 5.41) is 0. The molecule has 0 aromatic heterocycles. The SMILES string of the molecule is C=CC(=O)OCCCCOC(=O)C1(C)CCC(C(=O)Oc2ccc(CCc3ccc(OC)cc3)cc2)CC1. The average molecular weight is 523 g/mol. The first-order valence-corrected chi connectivity index (χ1v) is 13.2. The van der Waals surface area contributed by atoms with Gasteiger partial charge in [0.15, 0.2) is 0 Å². The number of hydrogen-bond donors (Lipinski definition) is 0. The van der Waals surface area contributed by atoms with Gasteiger partial charge in [-0.25, -0.2) is 4.79 Å². The minimum atomic E-state index is -0.600. The first-order chi connectivity index (χ1) is 18.3. The predicted octanol–water partition coefficient (Wildman–Crippen LogP) is 5.63. The van der Waals surface area contributed by atoms with Gasteiger partial charge < -0.3 is 18.9 Å². The van der Waals surface area contributed by atoms with Crippen molar-refractivity contribution in [2.75, 3.05) is 20.3 Å². The highest BCUT2D eigenvalue weighted by Crippen LogP contribution is 2.40. The lowest BCUT2D eigenvalue weighted by Gasteiger charge is -2.34. The fourth-order valence-electron chi connectivity index (χ4n) is 4.47. The molecule has 0 N–H and O–H groups in total. The van der Waals surface area contributed by atoms with Crippen molar-refractivity contribution >= 4 is 17.9 Å². The molecule has 0 aliphatic heterocycles. The van der Waals surface area contributed by atoms with Gasteiger partial charge in [0.2, 0.25) is 0 Å². The molecule has 204 valence electrons. The summed E-state index contributed by atoms with van der Waals surface area (Å²) in [6.07, 6.45) is 6.47. The third-order valence-electron chi connectivity index (χ3n) is 7.10. The smallest absolute Gasteiger partial charge is 0.330 e. The molecule has 0 saturated heterocycles. The topological polar surface area (TPSA) is 88.1 Å². The average Bonchev–Trinajstić information content (AvgIpc) is 2.94. The lowest BCUT2D eigenvalue weighted by atomic mass is 9.72. The van der Waals surface area contributed by atoms with Crippen LogP contribution in [0.4, 0.5) is 0 Å².